The first-order valence-electron chi connectivity index (χ1n) is 8.92. The fourth-order valence-corrected chi connectivity index (χ4v) is 4.38. The number of hydrogen-bond acceptors (Lipinski definition) is 6. The maximum absolute atomic E-state index is 12.3. The number of benzene rings is 2. The van der Waals surface area contributed by atoms with Crippen LogP contribution in [0.1, 0.15) is 38.7 Å². The molecule has 152 valence electrons. The fourth-order valence-electron chi connectivity index (χ4n) is 3.71. The Bertz CT molecular complexity index is 1130. The number of nitrogens with two attached hydrogens (primary N) is 1. The Morgan fingerprint density at radius 2 is 1.83 bits per heavy atom. The molecule has 0 saturated carbocycles. The van der Waals surface area contributed by atoms with Gasteiger partial charge < -0.3 is 9.47 Å². The van der Waals surface area contributed by atoms with Gasteiger partial charge in [-0.15, -0.1) is 5.11 Å². The molecule has 4 rings (SSSR count). The maximum Gasteiger partial charge on any atom is 0.295 e. The number of carbonyl (C=O) groups is 1. The third-order valence-corrected chi connectivity index (χ3v) is 6.26. The van der Waals surface area contributed by atoms with Crippen molar-refractivity contribution < 1.29 is 22.7 Å². The van der Waals surface area contributed by atoms with Gasteiger partial charge in [0.25, 0.3) is 16.1 Å². The number of fused-ring (bicyclic) bond motifs is 2. The van der Waals surface area contributed by atoms with Gasteiger partial charge in [0, 0.05) is 13.1 Å². The number of carbonyl (C=O) groups excluding carboxylic acids is 1. The van der Waals surface area contributed by atoms with Gasteiger partial charge in [0.2, 0.25) is 0 Å². The molecule has 0 radical (unpaired) electrons. The first kappa shape index (κ1) is 19.5. The van der Waals surface area contributed by atoms with Gasteiger partial charge in [0.1, 0.15) is 6.04 Å². The van der Waals surface area contributed by atoms with Crippen LogP contribution < -0.4 is 14.6 Å². The van der Waals surface area contributed by atoms with Crippen LogP contribution in [0.4, 0.5) is 0 Å². The van der Waals surface area contributed by atoms with Crippen molar-refractivity contribution in [1.82, 2.24) is 4.31 Å². The molecule has 1 atom stereocenters. The van der Waals surface area contributed by atoms with Gasteiger partial charge in [0.15, 0.2) is 11.5 Å². The predicted octanol–water partition coefficient (Wildman–Crippen LogP) is 1.96. The van der Waals surface area contributed by atoms with Crippen molar-refractivity contribution in [2.24, 2.45) is 15.4 Å². The van der Waals surface area contributed by atoms with Crippen molar-refractivity contribution in [3.8, 4) is 11.5 Å². The maximum atomic E-state index is 12.3. The van der Waals surface area contributed by atoms with Gasteiger partial charge in [-0.25, -0.2) is 5.14 Å². The summed E-state index contributed by atoms with van der Waals surface area (Å²) >= 11 is 0. The SMILES string of the molecule is COc1cc2c(cc1OC)C(c1ccc3c(c1)CCN(S(N)(=O)=O)C3)N=NC2=O. The number of rotatable bonds is 4. The quantitative estimate of drug-likeness (QED) is 0.816. The molecule has 2 aromatic rings. The minimum atomic E-state index is -3.72. The number of azo groups is 1. The van der Waals surface area contributed by atoms with Gasteiger partial charge in [-0.2, -0.15) is 17.8 Å². The van der Waals surface area contributed by atoms with Gasteiger partial charge >= 0.3 is 0 Å². The highest BCUT2D eigenvalue weighted by atomic mass is 32.2. The molecule has 29 heavy (non-hydrogen) atoms. The van der Waals surface area contributed by atoms with E-state index < -0.39 is 22.2 Å². The molecule has 1 amide bonds. The highest BCUT2D eigenvalue weighted by Gasteiger charge is 2.29. The van der Waals surface area contributed by atoms with E-state index in [2.05, 4.69) is 10.2 Å². The smallest absolute Gasteiger partial charge is 0.295 e. The number of hydrogen-bond donors (Lipinski definition) is 1. The van der Waals surface area contributed by atoms with E-state index in [1.807, 2.05) is 18.2 Å². The van der Waals surface area contributed by atoms with E-state index in [0.717, 1.165) is 16.7 Å². The van der Waals surface area contributed by atoms with Crippen LogP contribution in [0.3, 0.4) is 0 Å². The standard InChI is InChI=1S/C19H20N4O5S/c1-27-16-8-14-15(9-17(16)28-2)19(24)22-21-18(14)12-3-4-13-10-23(29(20,25)26)6-5-11(13)7-12/h3-4,7-9,18H,5-6,10H2,1-2H3,(H2,20,25,26). The average Bonchev–Trinajstić information content (AvgIpc) is 2.71. The lowest BCUT2D eigenvalue weighted by molar-refractivity contribution is 0.0985. The Labute approximate surface area is 168 Å². The monoisotopic (exact) mass is 416 g/mol. The average molecular weight is 416 g/mol. The molecule has 2 aromatic carbocycles. The summed E-state index contributed by atoms with van der Waals surface area (Å²) < 4.78 is 35.1. The fraction of sp³-hybridized carbons (Fsp3) is 0.316. The van der Waals surface area contributed by atoms with E-state index >= 15 is 0 Å². The van der Waals surface area contributed by atoms with Crippen LogP contribution in [0, 0.1) is 0 Å². The summed E-state index contributed by atoms with van der Waals surface area (Å²) in [5.74, 6) is 0.519. The molecule has 2 N–H and O–H groups in total. The van der Waals surface area contributed by atoms with Crippen molar-refractivity contribution in [2.75, 3.05) is 20.8 Å². The molecular weight excluding hydrogens is 396 g/mol. The lowest BCUT2D eigenvalue weighted by Crippen LogP contribution is -2.40. The molecule has 2 aliphatic rings. The molecule has 0 fully saturated rings. The highest BCUT2D eigenvalue weighted by Crippen LogP contribution is 2.40. The first-order valence-corrected chi connectivity index (χ1v) is 10.4. The zero-order valence-electron chi connectivity index (χ0n) is 16.0. The number of amides is 1. The van der Waals surface area contributed by atoms with Crippen LogP contribution >= 0.6 is 0 Å². The number of ether oxygens (including phenoxy) is 2. The van der Waals surface area contributed by atoms with Crippen LogP contribution in [0.25, 0.3) is 0 Å². The zero-order valence-corrected chi connectivity index (χ0v) is 16.8. The molecule has 10 heteroatoms. The second-order valence-electron chi connectivity index (χ2n) is 6.87. The largest absolute Gasteiger partial charge is 0.493 e. The molecule has 0 aliphatic carbocycles. The molecule has 0 spiro atoms. The third-order valence-electron chi connectivity index (χ3n) is 5.23. The Hall–Kier alpha value is -2.82. The van der Waals surface area contributed by atoms with Crippen molar-refractivity contribution in [2.45, 2.75) is 19.0 Å². The van der Waals surface area contributed by atoms with Crippen LogP contribution in [0.15, 0.2) is 40.6 Å². The second-order valence-corrected chi connectivity index (χ2v) is 8.42. The highest BCUT2D eigenvalue weighted by molar-refractivity contribution is 7.86. The molecular formula is C19H20N4O5S. The Morgan fingerprint density at radius 1 is 1.10 bits per heavy atom. The minimum absolute atomic E-state index is 0.237. The van der Waals surface area contributed by atoms with E-state index in [1.54, 1.807) is 12.1 Å². The lowest BCUT2D eigenvalue weighted by atomic mass is 9.90. The topological polar surface area (TPSA) is 124 Å². The molecule has 1 unspecified atom stereocenters. The van der Waals surface area contributed by atoms with Crippen molar-refractivity contribution in [1.29, 1.82) is 0 Å². The van der Waals surface area contributed by atoms with Gasteiger partial charge in [-0.3, -0.25) is 4.79 Å². The molecule has 0 aromatic heterocycles. The molecule has 0 saturated heterocycles. The van der Waals surface area contributed by atoms with Gasteiger partial charge in [0.05, 0.1) is 19.8 Å². The summed E-state index contributed by atoms with van der Waals surface area (Å²) in [7, 11) is -0.689. The summed E-state index contributed by atoms with van der Waals surface area (Å²) in [4.78, 5) is 12.3. The summed E-state index contributed by atoms with van der Waals surface area (Å²) in [6.07, 6.45) is 0.543. The van der Waals surface area contributed by atoms with E-state index in [-0.39, 0.29) is 6.54 Å². The van der Waals surface area contributed by atoms with Gasteiger partial charge in [-0.05, 0) is 40.8 Å². The molecule has 0 bridgehead atoms. The van der Waals surface area contributed by atoms with E-state index in [1.165, 1.54) is 18.5 Å². The third kappa shape index (κ3) is 3.50. The lowest BCUT2D eigenvalue weighted by Gasteiger charge is -2.27. The van der Waals surface area contributed by atoms with E-state index in [4.69, 9.17) is 14.6 Å². The van der Waals surface area contributed by atoms with E-state index in [9.17, 15) is 13.2 Å². The minimum Gasteiger partial charge on any atom is -0.493 e. The van der Waals surface area contributed by atoms with Crippen molar-refractivity contribution >= 4 is 16.1 Å². The molecule has 9 nitrogen and oxygen atoms in total. The summed E-state index contributed by atoms with van der Waals surface area (Å²) in [5, 5.41) is 13.3. The Morgan fingerprint density at radius 3 is 2.52 bits per heavy atom. The van der Waals surface area contributed by atoms with Crippen LogP contribution in [-0.4, -0.2) is 39.4 Å². The normalized spacial score (nSPS) is 18.9. The summed E-state index contributed by atoms with van der Waals surface area (Å²) in [6, 6.07) is 8.61. The molecule has 2 heterocycles. The van der Waals surface area contributed by atoms with Crippen molar-refractivity contribution in [3.63, 3.8) is 0 Å². The summed E-state index contributed by atoms with van der Waals surface area (Å²) in [5.41, 5.74) is 3.88. The van der Waals surface area contributed by atoms with E-state index in [0.29, 0.717) is 35.6 Å². The summed E-state index contributed by atoms with van der Waals surface area (Å²) in [6.45, 7) is 0.558. The van der Waals surface area contributed by atoms with Gasteiger partial charge in [-0.1, -0.05) is 18.2 Å². The Kier molecular flexibility index (Phi) is 4.85. The van der Waals surface area contributed by atoms with Crippen LogP contribution in [-0.2, 0) is 23.2 Å². The zero-order chi connectivity index (χ0) is 20.8. The van der Waals surface area contributed by atoms with Crippen LogP contribution in [0.2, 0.25) is 0 Å². The first-order chi connectivity index (χ1) is 13.8. The number of methoxy groups -OCH3 is 2. The Balaban J connectivity index is 1.74. The van der Waals surface area contributed by atoms with Crippen molar-refractivity contribution in [3.05, 3.63) is 58.1 Å². The van der Waals surface area contributed by atoms with Crippen LogP contribution in [0.5, 0.6) is 11.5 Å². The molecule has 2 aliphatic heterocycles. The number of nitrogens with zero attached hydrogens (tertiary/aromatic N) is 3. The predicted molar refractivity (Wildman–Crippen MR) is 104 cm³/mol. The second kappa shape index (κ2) is 7.21.